The summed E-state index contributed by atoms with van der Waals surface area (Å²) in [6, 6.07) is 0. The second kappa shape index (κ2) is 5.82. The molecule has 4 aliphatic carbocycles. The van der Waals surface area contributed by atoms with Crippen LogP contribution >= 0.6 is 0 Å². The van der Waals surface area contributed by atoms with Crippen molar-refractivity contribution in [2.24, 2.45) is 34.0 Å². The molecular formula is C22H32O6. The van der Waals surface area contributed by atoms with E-state index in [9.17, 15) is 19.8 Å². The number of carbonyl (C=O) groups excluding carboxylic acids is 2. The Labute approximate surface area is 166 Å². The lowest BCUT2D eigenvalue weighted by Crippen LogP contribution is -2.54. The summed E-state index contributed by atoms with van der Waals surface area (Å²) in [6.07, 6.45) is 2.57. The lowest BCUT2D eigenvalue weighted by molar-refractivity contribution is -0.176. The van der Waals surface area contributed by atoms with Gasteiger partial charge in [-0.2, -0.15) is 0 Å². The molecule has 0 saturated heterocycles. The zero-order valence-electron chi connectivity index (χ0n) is 17.3. The Balaban J connectivity index is 1.95. The van der Waals surface area contributed by atoms with Gasteiger partial charge >= 0.3 is 11.9 Å². The van der Waals surface area contributed by atoms with Crippen molar-refractivity contribution >= 4 is 11.9 Å². The number of rotatable bonds is 2. The number of carbonyl (C=O) groups is 2. The maximum absolute atomic E-state index is 13.2. The molecule has 156 valence electrons. The maximum Gasteiger partial charge on any atom is 0.311 e. The number of methoxy groups -OCH3 is 2. The topological polar surface area (TPSA) is 93.1 Å². The minimum absolute atomic E-state index is 0.104. The van der Waals surface area contributed by atoms with E-state index >= 15 is 0 Å². The molecule has 6 nitrogen and oxygen atoms in total. The summed E-state index contributed by atoms with van der Waals surface area (Å²) >= 11 is 0. The highest BCUT2D eigenvalue weighted by Crippen LogP contribution is 2.78. The smallest absolute Gasteiger partial charge is 0.311 e. The monoisotopic (exact) mass is 392 g/mol. The van der Waals surface area contributed by atoms with Gasteiger partial charge in [-0.3, -0.25) is 9.59 Å². The molecule has 2 bridgehead atoms. The Kier molecular flexibility index (Phi) is 4.13. The van der Waals surface area contributed by atoms with Gasteiger partial charge in [-0.1, -0.05) is 13.5 Å². The van der Waals surface area contributed by atoms with Gasteiger partial charge in [0.05, 0.1) is 37.3 Å². The highest BCUT2D eigenvalue weighted by Gasteiger charge is 2.77. The summed E-state index contributed by atoms with van der Waals surface area (Å²) < 4.78 is 10.4. The molecule has 4 saturated carbocycles. The first kappa shape index (κ1) is 19.9. The molecule has 2 N–H and O–H groups in total. The first-order valence-electron chi connectivity index (χ1n) is 10.2. The second-order valence-electron chi connectivity index (χ2n) is 10.3. The van der Waals surface area contributed by atoms with E-state index in [2.05, 4.69) is 13.5 Å². The highest BCUT2D eigenvalue weighted by atomic mass is 16.5. The summed E-state index contributed by atoms with van der Waals surface area (Å²) in [5, 5.41) is 21.9. The van der Waals surface area contributed by atoms with E-state index in [0.717, 1.165) is 12.0 Å². The van der Waals surface area contributed by atoms with Crippen LogP contribution in [0.2, 0.25) is 0 Å². The van der Waals surface area contributed by atoms with Crippen molar-refractivity contribution in [3.63, 3.8) is 0 Å². The normalized spacial score (nSPS) is 52.0. The van der Waals surface area contributed by atoms with E-state index in [1.165, 1.54) is 14.2 Å². The first-order valence-corrected chi connectivity index (χ1v) is 10.2. The van der Waals surface area contributed by atoms with Gasteiger partial charge in [0.1, 0.15) is 0 Å². The van der Waals surface area contributed by atoms with Gasteiger partial charge in [-0.15, -0.1) is 0 Å². The molecule has 1 spiro atoms. The van der Waals surface area contributed by atoms with Gasteiger partial charge in [-0.25, -0.2) is 0 Å². The minimum atomic E-state index is -0.992. The summed E-state index contributed by atoms with van der Waals surface area (Å²) in [5.74, 6) is -1.47. The van der Waals surface area contributed by atoms with Crippen LogP contribution in [-0.4, -0.2) is 48.1 Å². The zero-order chi connectivity index (χ0) is 20.7. The maximum atomic E-state index is 13.2. The number of hydrogen-bond donors (Lipinski definition) is 2. The Morgan fingerprint density at radius 2 is 1.86 bits per heavy atom. The van der Waals surface area contributed by atoms with Crippen LogP contribution in [0.3, 0.4) is 0 Å². The van der Waals surface area contributed by atoms with Gasteiger partial charge < -0.3 is 19.7 Å². The number of esters is 2. The quantitative estimate of drug-likeness (QED) is 0.553. The van der Waals surface area contributed by atoms with Crippen molar-refractivity contribution in [3.05, 3.63) is 12.2 Å². The SMILES string of the molecule is C=C1C[C@]23C[C@@]1(O)CC[C@H]2[C@]1(C)C[C@H](O)C[C@@](C)(C(=O)OC)[C@H]1[C@@H]3C(=O)OC. The average molecular weight is 392 g/mol. The molecule has 4 rings (SSSR count). The van der Waals surface area contributed by atoms with Crippen molar-refractivity contribution < 1.29 is 29.3 Å². The van der Waals surface area contributed by atoms with E-state index in [-0.39, 0.29) is 24.2 Å². The van der Waals surface area contributed by atoms with Crippen molar-refractivity contribution in [1.82, 2.24) is 0 Å². The highest BCUT2D eigenvalue weighted by molar-refractivity contribution is 5.81. The molecule has 8 atom stereocenters. The van der Waals surface area contributed by atoms with Crippen molar-refractivity contribution in [3.8, 4) is 0 Å². The van der Waals surface area contributed by atoms with Gasteiger partial charge in [0, 0.05) is 0 Å². The molecule has 0 amide bonds. The number of hydrogen-bond acceptors (Lipinski definition) is 6. The predicted octanol–water partition coefficient (Wildman–Crippen LogP) is 2.22. The number of ether oxygens (including phenoxy) is 2. The Morgan fingerprint density at radius 3 is 2.46 bits per heavy atom. The van der Waals surface area contributed by atoms with E-state index in [0.29, 0.717) is 25.7 Å². The first-order chi connectivity index (χ1) is 13.0. The van der Waals surface area contributed by atoms with Crippen LogP contribution < -0.4 is 0 Å². The van der Waals surface area contributed by atoms with E-state index < -0.39 is 39.8 Å². The third-order valence-corrected chi connectivity index (χ3v) is 8.95. The van der Waals surface area contributed by atoms with Crippen LogP contribution in [0, 0.1) is 34.0 Å². The van der Waals surface area contributed by atoms with Crippen molar-refractivity contribution in [1.29, 1.82) is 0 Å². The van der Waals surface area contributed by atoms with Gasteiger partial charge in [0.15, 0.2) is 0 Å². The lowest BCUT2D eigenvalue weighted by Gasteiger charge is -2.52. The van der Waals surface area contributed by atoms with E-state index in [1.807, 2.05) is 6.92 Å². The molecule has 4 aliphatic rings. The fraction of sp³-hybridized carbons (Fsp3) is 0.818. The third kappa shape index (κ3) is 2.16. The molecular weight excluding hydrogens is 360 g/mol. The number of fused-ring (bicyclic) bond motifs is 3. The van der Waals surface area contributed by atoms with Gasteiger partial charge in [0.25, 0.3) is 0 Å². The summed E-state index contributed by atoms with van der Waals surface area (Å²) in [7, 11) is 2.74. The fourth-order valence-electron chi connectivity index (χ4n) is 8.33. The Bertz CT molecular complexity index is 747. The predicted molar refractivity (Wildman–Crippen MR) is 101 cm³/mol. The molecule has 0 aromatic heterocycles. The molecule has 0 radical (unpaired) electrons. The van der Waals surface area contributed by atoms with Crippen LogP contribution in [0.5, 0.6) is 0 Å². The molecule has 28 heavy (non-hydrogen) atoms. The Hall–Kier alpha value is -1.40. The van der Waals surface area contributed by atoms with Crippen LogP contribution in [0.1, 0.15) is 52.4 Å². The minimum Gasteiger partial charge on any atom is -0.469 e. The average Bonchev–Trinajstić information content (AvgIpc) is 2.96. The molecule has 0 aromatic rings. The number of aliphatic hydroxyl groups excluding tert-OH is 1. The largest absolute Gasteiger partial charge is 0.469 e. The molecule has 0 aliphatic heterocycles. The molecule has 0 unspecified atom stereocenters. The zero-order valence-corrected chi connectivity index (χ0v) is 17.3. The van der Waals surface area contributed by atoms with Gasteiger partial charge in [-0.05, 0) is 73.7 Å². The molecule has 0 heterocycles. The van der Waals surface area contributed by atoms with Crippen molar-refractivity contribution in [2.75, 3.05) is 14.2 Å². The van der Waals surface area contributed by atoms with E-state index in [1.54, 1.807) is 0 Å². The van der Waals surface area contributed by atoms with Crippen molar-refractivity contribution in [2.45, 2.75) is 64.1 Å². The second-order valence-corrected chi connectivity index (χ2v) is 10.3. The molecule has 4 fully saturated rings. The summed E-state index contributed by atoms with van der Waals surface area (Å²) in [5.41, 5.74) is -2.07. The molecule has 0 aromatic carbocycles. The number of aliphatic hydroxyl groups is 2. The van der Waals surface area contributed by atoms with Crippen LogP contribution in [0.15, 0.2) is 12.2 Å². The summed E-state index contributed by atoms with van der Waals surface area (Å²) in [4.78, 5) is 26.2. The fourth-order valence-corrected chi connectivity index (χ4v) is 8.33. The Morgan fingerprint density at radius 1 is 1.18 bits per heavy atom. The van der Waals surface area contributed by atoms with Crippen LogP contribution in [0.4, 0.5) is 0 Å². The standard InChI is InChI=1S/C22H32O6/c1-12-8-21-11-22(12,26)7-6-14(21)19(2)9-13(23)10-20(3,18(25)28-5)16(19)15(21)17(24)27-4/h13-16,23,26H,1,6-11H2,2-5H3/t13-,14-,15+,16-,19-,20+,21-,22-/m0/s1. The molecule has 6 heteroatoms. The summed E-state index contributed by atoms with van der Waals surface area (Å²) in [6.45, 7) is 8.08. The third-order valence-electron chi connectivity index (χ3n) is 8.95. The van der Waals surface area contributed by atoms with Gasteiger partial charge in [0.2, 0.25) is 0 Å². The lowest BCUT2D eigenvalue weighted by atomic mass is 9.52. The van der Waals surface area contributed by atoms with Crippen LogP contribution in [-0.2, 0) is 19.1 Å². The van der Waals surface area contributed by atoms with Crippen LogP contribution in [0.25, 0.3) is 0 Å². The van der Waals surface area contributed by atoms with E-state index in [4.69, 9.17) is 9.47 Å².